The third-order valence-electron chi connectivity index (χ3n) is 5.48. The van der Waals surface area contributed by atoms with Crippen molar-refractivity contribution in [1.29, 1.82) is 0 Å². The fraction of sp³-hybridized carbons (Fsp3) is 0.400. The second kappa shape index (κ2) is 7.28. The van der Waals surface area contributed by atoms with E-state index in [4.69, 9.17) is 6.57 Å². The number of hydrogen-bond donors (Lipinski definition) is 2. The molecular weight excluding hydrogens is 378 g/mol. The van der Waals surface area contributed by atoms with E-state index in [0.29, 0.717) is 28.2 Å². The summed E-state index contributed by atoms with van der Waals surface area (Å²) in [7, 11) is 1.66. The van der Waals surface area contributed by atoms with Crippen LogP contribution in [-0.2, 0) is 7.05 Å². The Morgan fingerprint density at radius 2 is 2.14 bits per heavy atom. The van der Waals surface area contributed by atoms with Crippen LogP contribution in [0.5, 0.6) is 0 Å². The molecule has 0 radical (unpaired) electrons. The summed E-state index contributed by atoms with van der Waals surface area (Å²) in [6.07, 6.45) is 1.68. The number of imidazole rings is 1. The Kier molecular flexibility index (Phi) is 4.78. The number of aromatic amines is 1. The lowest BCUT2D eigenvalue weighted by Gasteiger charge is -2.33. The van der Waals surface area contributed by atoms with Crippen molar-refractivity contribution in [3.63, 3.8) is 0 Å². The van der Waals surface area contributed by atoms with Gasteiger partial charge in [-0.2, -0.15) is 5.10 Å². The summed E-state index contributed by atoms with van der Waals surface area (Å²) in [5.41, 5.74) is 2.19. The summed E-state index contributed by atoms with van der Waals surface area (Å²) < 4.78 is 28.8. The highest BCUT2D eigenvalue weighted by Gasteiger charge is 2.39. The minimum Gasteiger partial charge on any atom is -0.341 e. The molecule has 1 aromatic carbocycles. The normalized spacial score (nSPS) is 17.7. The maximum absolute atomic E-state index is 13.7. The molecule has 0 saturated heterocycles. The predicted molar refractivity (Wildman–Crippen MR) is 103 cm³/mol. The van der Waals surface area contributed by atoms with Crippen LogP contribution in [0.25, 0.3) is 15.9 Å². The Balaban J connectivity index is 1.67. The maximum atomic E-state index is 13.7. The number of hydrogen-bond acceptors (Lipinski definition) is 3. The summed E-state index contributed by atoms with van der Waals surface area (Å²) in [4.78, 5) is 24.0. The summed E-state index contributed by atoms with van der Waals surface area (Å²) in [5.74, 6) is -2.67. The molecule has 0 unspecified atom stereocenters. The third kappa shape index (κ3) is 3.83. The van der Waals surface area contributed by atoms with Crippen LogP contribution in [0.2, 0.25) is 0 Å². The van der Waals surface area contributed by atoms with Crippen LogP contribution in [0.15, 0.2) is 30.5 Å². The zero-order valence-electron chi connectivity index (χ0n) is 15.8. The molecule has 0 spiro atoms. The SMILES string of the molecule is [C-]#[N+]c1ccc2nc([C@@H](NC(=O)c3ccnn3C)C3CCC(F)(F)CC3)[nH]c2c1. The van der Waals surface area contributed by atoms with Gasteiger partial charge in [0.1, 0.15) is 11.5 Å². The highest BCUT2D eigenvalue weighted by atomic mass is 19.3. The monoisotopic (exact) mass is 398 g/mol. The molecule has 1 aliphatic carbocycles. The number of halogens is 2. The summed E-state index contributed by atoms with van der Waals surface area (Å²) >= 11 is 0. The van der Waals surface area contributed by atoms with E-state index in [2.05, 4.69) is 25.2 Å². The van der Waals surface area contributed by atoms with E-state index < -0.39 is 12.0 Å². The summed E-state index contributed by atoms with van der Waals surface area (Å²) in [6.45, 7) is 7.15. The van der Waals surface area contributed by atoms with E-state index in [0.717, 1.165) is 0 Å². The highest BCUT2D eigenvalue weighted by molar-refractivity contribution is 5.92. The van der Waals surface area contributed by atoms with Gasteiger partial charge in [-0.25, -0.2) is 18.6 Å². The van der Waals surface area contributed by atoms with Crippen LogP contribution in [0, 0.1) is 12.5 Å². The van der Waals surface area contributed by atoms with Crippen LogP contribution >= 0.6 is 0 Å². The lowest BCUT2D eigenvalue weighted by Crippen LogP contribution is -2.38. The topological polar surface area (TPSA) is 80.0 Å². The van der Waals surface area contributed by atoms with Crippen LogP contribution in [0.1, 0.15) is 48.0 Å². The summed E-state index contributed by atoms with van der Waals surface area (Å²) in [5, 5.41) is 6.97. The first kappa shape index (κ1) is 19.1. The molecule has 2 aromatic heterocycles. The summed E-state index contributed by atoms with van der Waals surface area (Å²) in [6, 6.07) is 6.15. The van der Waals surface area contributed by atoms with Crippen LogP contribution in [0.4, 0.5) is 14.5 Å². The molecule has 0 aliphatic heterocycles. The minimum absolute atomic E-state index is 0.173. The van der Waals surface area contributed by atoms with Crippen molar-refractivity contribution in [1.82, 2.24) is 25.1 Å². The number of aromatic nitrogens is 4. The molecule has 3 aromatic rings. The van der Waals surface area contributed by atoms with Crippen molar-refractivity contribution in [2.75, 3.05) is 0 Å². The first-order valence-corrected chi connectivity index (χ1v) is 9.40. The van der Waals surface area contributed by atoms with Gasteiger partial charge in [0.25, 0.3) is 5.91 Å². The molecule has 0 bridgehead atoms. The largest absolute Gasteiger partial charge is 0.341 e. The molecule has 4 rings (SSSR count). The van der Waals surface area contributed by atoms with Crippen LogP contribution < -0.4 is 5.32 Å². The maximum Gasteiger partial charge on any atom is 0.270 e. The van der Waals surface area contributed by atoms with E-state index in [1.807, 2.05) is 0 Å². The molecule has 9 heteroatoms. The second-order valence-corrected chi connectivity index (χ2v) is 7.42. The minimum atomic E-state index is -2.66. The quantitative estimate of drug-likeness (QED) is 0.648. The smallest absolute Gasteiger partial charge is 0.270 e. The number of amides is 1. The molecule has 150 valence electrons. The number of fused-ring (bicyclic) bond motifs is 1. The van der Waals surface area contributed by atoms with E-state index in [1.165, 1.54) is 10.9 Å². The van der Waals surface area contributed by atoms with Gasteiger partial charge in [0, 0.05) is 26.1 Å². The van der Waals surface area contributed by atoms with Crippen molar-refractivity contribution < 1.29 is 13.6 Å². The fourth-order valence-corrected chi connectivity index (χ4v) is 3.85. The first-order valence-electron chi connectivity index (χ1n) is 9.40. The molecule has 1 saturated carbocycles. The Morgan fingerprint density at radius 3 is 2.79 bits per heavy atom. The number of nitrogens with zero attached hydrogens (tertiary/aromatic N) is 4. The Bertz CT molecular complexity index is 1090. The van der Waals surface area contributed by atoms with E-state index in [-0.39, 0.29) is 37.5 Å². The number of nitrogens with one attached hydrogen (secondary N) is 2. The van der Waals surface area contributed by atoms with E-state index >= 15 is 0 Å². The van der Waals surface area contributed by atoms with Gasteiger partial charge in [0.15, 0.2) is 5.69 Å². The van der Waals surface area contributed by atoms with Crippen molar-refractivity contribution in [3.8, 4) is 0 Å². The molecule has 29 heavy (non-hydrogen) atoms. The van der Waals surface area contributed by atoms with Gasteiger partial charge in [-0.05, 0) is 37.0 Å². The molecular formula is C20H20F2N6O. The second-order valence-electron chi connectivity index (χ2n) is 7.42. The fourth-order valence-electron chi connectivity index (χ4n) is 3.85. The van der Waals surface area contributed by atoms with Gasteiger partial charge in [-0.3, -0.25) is 9.48 Å². The van der Waals surface area contributed by atoms with Gasteiger partial charge in [-0.15, -0.1) is 0 Å². The van der Waals surface area contributed by atoms with Crippen molar-refractivity contribution in [3.05, 3.63) is 53.4 Å². The van der Waals surface area contributed by atoms with Crippen LogP contribution in [-0.4, -0.2) is 31.6 Å². The van der Waals surface area contributed by atoms with Crippen molar-refractivity contribution in [2.24, 2.45) is 13.0 Å². The Hall–Kier alpha value is -3.28. The number of aryl methyl sites for hydroxylation is 1. The molecule has 1 amide bonds. The zero-order valence-corrected chi connectivity index (χ0v) is 15.8. The Morgan fingerprint density at radius 1 is 1.38 bits per heavy atom. The standard InChI is InChI=1S/C20H20F2N6O/c1-23-13-3-4-14-15(11-13)26-18(25-14)17(12-5-8-20(21,22)9-6-12)27-19(29)16-7-10-24-28(16)2/h3-4,7,10-12,17H,5-6,8-9H2,2H3,(H,25,26)(H,27,29)/t17-/m0/s1. The number of H-pyrrole nitrogens is 1. The van der Waals surface area contributed by atoms with Crippen molar-refractivity contribution in [2.45, 2.75) is 37.6 Å². The van der Waals surface area contributed by atoms with Gasteiger partial charge >= 0.3 is 0 Å². The highest BCUT2D eigenvalue weighted by Crippen LogP contribution is 2.41. The molecule has 2 heterocycles. The predicted octanol–water partition coefficient (Wildman–Crippen LogP) is 4.14. The third-order valence-corrected chi connectivity index (χ3v) is 5.48. The molecule has 7 nitrogen and oxygen atoms in total. The van der Waals surface area contributed by atoms with Gasteiger partial charge in [0.2, 0.25) is 5.92 Å². The molecule has 1 aliphatic rings. The van der Waals surface area contributed by atoms with Gasteiger partial charge in [-0.1, -0.05) is 6.07 Å². The first-order chi connectivity index (χ1) is 13.9. The lowest BCUT2D eigenvalue weighted by molar-refractivity contribution is -0.0496. The molecule has 2 N–H and O–H groups in total. The van der Waals surface area contributed by atoms with Crippen molar-refractivity contribution >= 4 is 22.6 Å². The lowest BCUT2D eigenvalue weighted by atomic mass is 9.81. The zero-order chi connectivity index (χ0) is 20.6. The molecule has 1 atom stereocenters. The number of rotatable bonds is 4. The number of carbonyl (C=O) groups is 1. The average molecular weight is 398 g/mol. The van der Waals surface area contributed by atoms with Gasteiger partial charge in [0.05, 0.1) is 23.6 Å². The number of alkyl halides is 2. The Labute approximate surface area is 165 Å². The van der Waals surface area contributed by atoms with Gasteiger partial charge < -0.3 is 10.3 Å². The van der Waals surface area contributed by atoms with E-state index in [1.54, 1.807) is 31.3 Å². The average Bonchev–Trinajstić information content (AvgIpc) is 3.31. The van der Waals surface area contributed by atoms with Crippen LogP contribution in [0.3, 0.4) is 0 Å². The van der Waals surface area contributed by atoms with E-state index in [9.17, 15) is 13.6 Å². The number of carbonyl (C=O) groups excluding carboxylic acids is 1. The molecule has 1 fully saturated rings. The number of benzene rings is 1.